The molecule has 3 heterocycles. The number of carbonyl (C=O) groups excluding carboxylic acids is 3. The van der Waals surface area contributed by atoms with E-state index >= 15 is 0 Å². The van der Waals surface area contributed by atoms with Crippen molar-refractivity contribution >= 4 is 31.2 Å². The predicted molar refractivity (Wildman–Crippen MR) is 155 cm³/mol. The molecule has 0 radical (unpaired) electrons. The van der Waals surface area contributed by atoms with Crippen LogP contribution in [-0.2, 0) is 18.8 Å². The fraction of sp³-hybridized carbons (Fsp3) is 0.500. The number of ether oxygens (including phenoxy) is 2. The summed E-state index contributed by atoms with van der Waals surface area (Å²) in [6.07, 6.45) is 0.284. The van der Waals surface area contributed by atoms with Crippen LogP contribution in [0.1, 0.15) is 36.7 Å². The van der Waals surface area contributed by atoms with Crippen molar-refractivity contribution in [2.45, 2.75) is 38.5 Å². The number of methoxy groups -OCH3 is 1. The number of piperazine rings is 1. The first kappa shape index (κ1) is 31.4. The number of pyridine rings is 1. The van der Waals surface area contributed by atoms with Crippen LogP contribution >= 0.6 is 7.60 Å². The molecule has 228 valence electrons. The lowest BCUT2D eigenvalue weighted by molar-refractivity contribution is -0.134. The maximum absolute atomic E-state index is 13.6. The Kier molecular flexibility index (Phi) is 10.6. The van der Waals surface area contributed by atoms with Gasteiger partial charge in [0.2, 0.25) is 5.91 Å². The molecule has 2 atom stereocenters. The molecule has 3 amide bonds. The normalized spacial score (nSPS) is 18.1. The van der Waals surface area contributed by atoms with Crippen LogP contribution in [0.3, 0.4) is 0 Å². The summed E-state index contributed by atoms with van der Waals surface area (Å²) in [5.74, 6) is -1.13. The molecule has 0 saturated carbocycles. The number of hydrogen-bond donors (Lipinski definition) is 3. The molecule has 14 heteroatoms. The second-order valence-corrected chi connectivity index (χ2v) is 12.0. The summed E-state index contributed by atoms with van der Waals surface area (Å²) in [5.41, 5.74) is 2.17. The van der Waals surface area contributed by atoms with Crippen molar-refractivity contribution < 1.29 is 38.2 Å². The second kappa shape index (κ2) is 14.1. The first-order valence-electron chi connectivity index (χ1n) is 14.0. The topological polar surface area (TPSA) is 162 Å². The highest BCUT2D eigenvalue weighted by molar-refractivity contribution is 7.51. The molecule has 1 aromatic carbocycles. The minimum absolute atomic E-state index is 0.0641. The zero-order chi connectivity index (χ0) is 30.3. The number of aromatic nitrogens is 1. The van der Waals surface area contributed by atoms with E-state index in [9.17, 15) is 28.7 Å². The quantitative estimate of drug-likeness (QED) is 0.344. The number of rotatable bonds is 10. The van der Waals surface area contributed by atoms with Crippen molar-refractivity contribution in [2.75, 3.05) is 57.5 Å². The lowest BCUT2D eigenvalue weighted by atomic mass is 10.1. The van der Waals surface area contributed by atoms with Crippen molar-refractivity contribution in [1.29, 1.82) is 0 Å². The fourth-order valence-electron chi connectivity index (χ4n) is 5.16. The Bertz CT molecular complexity index is 1300. The maximum atomic E-state index is 13.6. The monoisotopic (exact) mass is 603 g/mol. The predicted octanol–water partition coefficient (Wildman–Crippen LogP) is 2.29. The van der Waals surface area contributed by atoms with E-state index < -0.39 is 37.7 Å². The van der Waals surface area contributed by atoms with Gasteiger partial charge in [-0.25, -0.2) is 9.78 Å². The number of nitrogens with one attached hydrogen (secondary N) is 1. The van der Waals surface area contributed by atoms with Gasteiger partial charge in [-0.15, -0.1) is 0 Å². The molecular weight excluding hydrogens is 565 g/mol. The van der Waals surface area contributed by atoms with Gasteiger partial charge in [0.15, 0.2) is 0 Å². The van der Waals surface area contributed by atoms with Crippen molar-refractivity contribution in [2.24, 2.45) is 0 Å². The summed E-state index contributed by atoms with van der Waals surface area (Å²) in [4.78, 5) is 67.8. The smallest absolute Gasteiger partial charge is 0.409 e. The van der Waals surface area contributed by atoms with Gasteiger partial charge < -0.3 is 39.3 Å². The molecule has 2 aromatic rings. The number of amides is 3. The molecule has 13 nitrogen and oxygen atoms in total. The van der Waals surface area contributed by atoms with Crippen molar-refractivity contribution in [3.8, 4) is 11.3 Å². The molecule has 2 aliphatic rings. The van der Waals surface area contributed by atoms with Crippen LogP contribution in [0.15, 0.2) is 42.5 Å². The average Bonchev–Trinajstić information content (AvgIpc) is 3.48. The van der Waals surface area contributed by atoms with E-state index in [1.165, 1.54) is 9.80 Å². The molecule has 0 spiro atoms. The van der Waals surface area contributed by atoms with Gasteiger partial charge in [-0.05, 0) is 38.3 Å². The summed E-state index contributed by atoms with van der Waals surface area (Å²) in [6.45, 7) is 3.55. The standard InChI is InChI=1S/C28H38N5O8P/c1-3-41-28(36)32-15-13-31(14-16-32)27(35)22(11-17-42(37,38)39)30-26(34)24-19-21(33-12-7-10-25(33)40-2)18-23(29-24)20-8-5-4-6-9-20/h4-6,8-9,18-19,22,25H,3,7,10-17H2,1-2H3,(H,30,34)(H2,37,38,39)/t22-,25+/m1/s1. The maximum Gasteiger partial charge on any atom is 0.409 e. The highest BCUT2D eigenvalue weighted by Gasteiger charge is 2.33. The summed E-state index contributed by atoms with van der Waals surface area (Å²) >= 11 is 0. The first-order valence-corrected chi connectivity index (χ1v) is 15.8. The van der Waals surface area contributed by atoms with Gasteiger partial charge >= 0.3 is 13.7 Å². The number of benzene rings is 1. The molecule has 2 saturated heterocycles. The van der Waals surface area contributed by atoms with Crippen molar-refractivity contribution in [3.63, 3.8) is 0 Å². The Balaban J connectivity index is 1.58. The number of carbonyl (C=O) groups is 3. The molecular formula is C28H38N5O8P. The second-order valence-electron chi connectivity index (χ2n) is 10.2. The number of hydrogen-bond acceptors (Lipinski definition) is 8. The van der Waals surface area contributed by atoms with Crippen molar-refractivity contribution in [3.05, 3.63) is 48.2 Å². The zero-order valence-corrected chi connectivity index (χ0v) is 24.7. The van der Waals surface area contributed by atoms with Crippen LogP contribution in [-0.4, -0.2) is 107 Å². The number of anilines is 1. The molecule has 0 unspecified atom stereocenters. The molecule has 3 N–H and O–H groups in total. The Hall–Kier alpha value is -3.51. The zero-order valence-electron chi connectivity index (χ0n) is 23.8. The fourth-order valence-corrected chi connectivity index (χ4v) is 5.76. The van der Waals surface area contributed by atoms with E-state index in [0.717, 1.165) is 30.6 Å². The van der Waals surface area contributed by atoms with Crippen LogP contribution in [0.2, 0.25) is 0 Å². The lowest BCUT2D eigenvalue weighted by Gasteiger charge is -2.36. The van der Waals surface area contributed by atoms with Gasteiger partial charge in [0.05, 0.1) is 18.5 Å². The lowest BCUT2D eigenvalue weighted by Crippen LogP contribution is -2.56. The third-order valence-electron chi connectivity index (χ3n) is 7.34. The molecule has 2 aliphatic heterocycles. The molecule has 1 aromatic heterocycles. The summed E-state index contributed by atoms with van der Waals surface area (Å²) in [6, 6.07) is 11.7. The summed E-state index contributed by atoms with van der Waals surface area (Å²) in [7, 11) is -2.82. The Morgan fingerprint density at radius 3 is 2.40 bits per heavy atom. The minimum atomic E-state index is -4.45. The third kappa shape index (κ3) is 8.07. The SMILES string of the molecule is CCOC(=O)N1CCN(C(=O)[C@@H](CCP(=O)(O)O)NC(=O)c2cc(N3CCC[C@@H]3OC)cc(-c3ccccc3)n2)CC1. The Morgan fingerprint density at radius 1 is 1.07 bits per heavy atom. The van der Waals surface area contributed by atoms with E-state index in [-0.39, 0.29) is 51.1 Å². The van der Waals surface area contributed by atoms with Crippen LogP contribution in [0.4, 0.5) is 10.5 Å². The van der Waals surface area contributed by atoms with Crippen LogP contribution in [0, 0.1) is 0 Å². The highest BCUT2D eigenvalue weighted by Crippen LogP contribution is 2.35. The van der Waals surface area contributed by atoms with Gasteiger partial charge in [-0.3, -0.25) is 14.2 Å². The van der Waals surface area contributed by atoms with E-state index in [4.69, 9.17) is 9.47 Å². The van der Waals surface area contributed by atoms with Gasteiger partial charge in [0, 0.05) is 51.1 Å². The highest BCUT2D eigenvalue weighted by atomic mass is 31.2. The molecule has 2 fully saturated rings. The number of nitrogens with zero attached hydrogens (tertiary/aromatic N) is 4. The average molecular weight is 604 g/mol. The van der Waals surface area contributed by atoms with Crippen LogP contribution in [0.25, 0.3) is 11.3 Å². The molecule has 4 rings (SSSR count). The minimum Gasteiger partial charge on any atom is -0.450 e. The Labute approximate surface area is 244 Å². The van der Waals surface area contributed by atoms with E-state index in [1.807, 2.05) is 36.4 Å². The summed E-state index contributed by atoms with van der Waals surface area (Å²) < 4.78 is 22.4. The van der Waals surface area contributed by atoms with Crippen molar-refractivity contribution in [1.82, 2.24) is 20.1 Å². The van der Waals surface area contributed by atoms with Gasteiger partial charge in [-0.1, -0.05) is 30.3 Å². The summed E-state index contributed by atoms with van der Waals surface area (Å²) in [5, 5.41) is 2.69. The van der Waals surface area contributed by atoms with Crippen LogP contribution < -0.4 is 10.2 Å². The van der Waals surface area contributed by atoms with E-state index in [1.54, 1.807) is 20.1 Å². The van der Waals surface area contributed by atoms with Gasteiger partial charge in [0.25, 0.3) is 5.91 Å². The van der Waals surface area contributed by atoms with Gasteiger partial charge in [0.1, 0.15) is 18.0 Å². The molecule has 0 bridgehead atoms. The van der Waals surface area contributed by atoms with Gasteiger partial charge in [-0.2, -0.15) is 0 Å². The third-order valence-corrected chi connectivity index (χ3v) is 8.18. The van der Waals surface area contributed by atoms with E-state index in [2.05, 4.69) is 15.2 Å². The largest absolute Gasteiger partial charge is 0.450 e. The molecule has 42 heavy (non-hydrogen) atoms. The molecule has 0 aliphatic carbocycles. The van der Waals surface area contributed by atoms with E-state index in [0.29, 0.717) is 5.69 Å². The first-order chi connectivity index (χ1) is 20.1. The Morgan fingerprint density at radius 2 is 1.76 bits per heavy atom. The van der Waals surface area contributed by atoms with Crippen LogP contribution in [0.5, 0.6) is 0 Å².